The largest absolute Gasteiger partial charge is 0.416 e. The van der Waals surface area contributed by atoms with Gasteiger partial charge in [0.15, 0.2) is 0 Å². The van der Waals surface area contributed by atoms with E-state index < -0.39 is 17.8 Å². The van der Waals surface area contributed by atoms with Crippen LogP contribution in [0.3, 0.4) is 0 Å². The summed E-state index contributed by atoms with van der Waals surface area (Å²) in [5, 5.41) is 10.8. The minimum absolute atomic E-state index is 0.0790. The Labute approximate surface area is 124 Å². The van der Waals surface area contributed by atoms with Crippen LogP contribution in [-0.4, -0.2) is 10.1 Å². The number of rotatable bonds is 3. The van der Waals surface area contributed by atoms with Crippen LogP contribution < -0.4 is 5.73 Å². The number of nitrogen functional groups attached to an aromatic ring is 1. The summed E-state index contributed by atoms with van der Waals surface area (Å²) in [4.78, 5) is 5.29. The number of aliphatic hydroxyl groups excluding tert-OH is 1. The second-order valence-corrected chi connectivity index (χ2v) is 6.10. The fourth-order valence-corrected chi connectivity index (χ4v) is 2.91. The van der Waals surface area contributed by atoms with Crippen LogP contribution in [0, 0.1) is 13.8 Å². The van der Waals surface area contributed by atoms with Gasteiger partial charge in [-0.2, -0.15) is 13.2 Å². The van der Waals surface area contributed by atoms with Crippen molar-refractivity contribution < 1.29 is 18.3 Å². The molecule has 1 heterocycles. The summed E-state index contributed by atoms with van der Waals surface area (Å²) in [6.07, 6.45) is -5.43. The van der Waals surface area contributed by atoms with Gasteiger partial charge in [-0.1, -0.05) is 0 Å². The molecule has 7 heteroatoms. The van der Waals surface area contributed by atoms with Gasteiger partial charge >= 0.3 is 6.18 Å². The Hall–Kier alpha value is -1.60. The van der Waals surface area contributed by atoms with E-state index in [4.69, 9.17) is 5.73 Å². The van der Waals surface area contributed by atoms with Crippen LogP contribution in [0.15, 0.2) is 18.2 Å². The molecule has 0 saturated carbocycles. The maximum atomic E-state index is 12.7. The lowest BCUT2D eigenvalue weighted by Crippen LogP contribution is -2.10. The lowest BCUT2D eigenvalue weighted by molar-refractivity contribution is -0.137. The number of thiazole rings is 1. The van der Waals surface area contributed by atoms with Crippen molar-refractivity contribution in [2.75, 3.05) is 5.73 Å². The number of nitrogens with zero attached hydrogens (tertiary/aromatic N) is 1. The molecule has 1 aromatic heterocycles. The Balaban J connectivity index is 2.28. The van der Waals surface area contributed by atoms with E-state index in [9.17, 15) is 18.3 Å². The highest BCUT2D eigenvalue weighted by atomic mass is 32.1. The second kappa shape index (κ2) is 5.65. The molecule has 21 heavy (non-hydrogen) atoms. The van der Waals surface area contributed by atoms with Crippen molar-refractivity contribution in [3.05, 3.63) is 44.9 Å². The van der Waals surface area contributed by atoms with Gasteiger partial charge in [-0.3, -0.25) is 0 Å². The number of anilines is 1. The molecule has 0 bridgehead atoms. The monoisotopic (exact) mass is 316 g/mol. The van der Waals surface area contributed by atoms with Crippen LogP contribution in [0.4, 0.5) is 18.9 Å². The number of nitrogens with two attached hydrogens (primary N) is 1. The zero-order valence-corrected chi connectivity index (χ0v) is 12.3. The predicted octanol–water partition coefficient (Wildman–Crippen LogP) is 3.64. The average molecular weight is 316 g/mol. The van der Waals surface area contributed by atoms with E-state index in [1.54, 1.807) is 0 Å². The fraction of sp³-hybridized carbons (Fsp3) is 0.357. The average Bonchev–Trinajstić information content (AvgIpc) is 2.67. The summed E-state index contributed by atoms with van der Waals surface area (Å²) in [5.41, 5.74) is 5.93. The SMILES string of the molecule is Cc1nc(CC(O)c2cc(C(F)(F)F)ccc2N)sc1C. The lowest BCUT2D eigenvalue weighted by Gasteiger charge is -2.15. The molecule has 0 amide bonds. The van der Waals surface area contributed by atoms with Gasteiger partial charge in [0, 0.05) is 22.5 Å². The van der Waals surface area contributed by atoms with Crippen LogP contribution in [0.2, 0.25) is 0 Å². The summed E-state index contributed by atoms with van der Waals surface area (Å²) in [7, 11) is 0. The zero-order valence-electron chi connectivity index (χ0n) is 11.5. The molecule has 0 aliphatic heterocycles. The molecule has 114 valence electrons. The Kier molecular flexibility index (Phi) is 4.25. The topological polar surface area (TPSA) is 59.1 Å². The number of aromatic nitrogens is 1. The summed E-state index contributed by atoms with van der Waals surface area (Å²) in [6.45, 7) is 3.75. The van der Waals surface area contributed by atoms with Crippen LogP contribution in [0.5, 0.6) is 0 Å². The standard InChI is InChI=1S/C14H15F3N2OS/c1-7-8(2)21-13(19-7)6-12(20)10-5-9(14(15,16)17)3-4-11(10)18/h3-5,12,20H,6,18H2,1-2H3. The van der Waals surface area contributed by atoms with Crippen LogP contribution in [0.25, 0.3) is 0 Å². The molecule has 2 rings (SSSR count). The minimum atomic E-state index is -4.46. The maximum Gasteiger partial charge on any atom is 0.416 e. The van der Waals surface area contributed by atoms with Crippen molar-refractivity contribution in [1.29, 1.82) is 0 Å². The molecule has 1 atom stereocenters. The van der Waals surface area contributed by atoms with Crippen molar-refractivity contribution in [1.82, 2.24) is 4.98 Å². The minimum Gasteiger partial charge on any atom is -0.398 e. The van der Waals surface area contributed by atoms with Crippen molar-refractivity contribution in [2.45, 2.75) is 32.5 Å². The van der Waals surface area contributed by atoms with Crippen molar-refractivity contribution in [2.24, 2.45) is 0 Å². The number of hydrogen-bond acceptors (Lipinski definition) is 4. The van der Waals surface area contributed by atoms with Gasteiger partial charge in [-0.05, 0) is 32.0 Å². The normalized spacial score (nSPS) is 13.4. The van der Waals surface area contributed by atoms with Gasteiger partial charge in [-0.15, -0.1) is 11.3 Å². The Morgan fingerprint density at radius 1 is 1.33 bits per heavy atom. The highest BCUT2D eigenvalue weighted by molar-refractivity contribution is 7.11. The van der Waals surface area contributed by atoms with Gasteiger partial charge in [0.25, 0.3) is 0 Å². The molecular weight excluding hydrogens is 301 g/mol. The van der Waals surface area contributed by atoms with Crippen LogP contribution in [0.1, 0.15) is 32.8 Å². The highest BCUT2D eigenvalue weighted by Crippen LogP contribution is 2.34. The first-order valence-electron chi connectivity index (χ1n) is 6.26. The number of benzene rings is 1. The first kappa shape index (κ1) is 15.8. The van der Waals surface area contributed by atoms with Gasteiger partial charge in [0.2, 0.25) is 0 Å². The molecule has 0 spiro atoms. The molecule has 0 radical (unpaired) electrons. The quantitative estimate of drug-likeness (QED) is 0.850. The Bertz CT molecular complexity index is 633. The van der Waals surface area contributed by atoms with E-state index in [2.05, 4.69) is 4.98 Å². The molecule has 0 aliphatic carbocycles. The smallest absolute Gasteiger partial charge is 0.398 e. The van der Waals surface area contributed by atoms with Crippen molar-refractivity contribution in [3.63, 3.8) is 0 Å². The fourth-order valence-electron chi connectivity index (χ4n) is 1.94. The van der Waals surface area contributed by atoms with E-state index in [-0.39, 0.29) is 17.7 Å². The predicted molar refractivity (Wildman–Crippen MR) is 76.1 cm³/mol. The first-order valence-corrected chi connectivity index (χ1v) is 7.07. The molecule has 1 aromatic carbocycles. The first-order chi connectivity index (χ1) is 9.68. The van der Waals surface area contributed by atoms with E-state index in [0.717, 1.165) is 22.7 Å². The maximum absolute atomic E-state index is 12.7. The summed E-state index contributed by atoms with van der Waals surface area (Å²) < 4.78 is 38.1. The molecule has 3 N–H and O–H groups in total. The molecule has 1 unspecified atom stereocenters. The highest BCUT2D eigenvalue weighted by Gasteiger charge is 2.31. The Morgan fingerprint density at radius 2 is 2.00 bits per heavy atom. The molecule has 0 aliphatic rings. The molecule has 0 fully saturated rings. The summed E-state index contributed by atoms with van der Waals surface area (Å²) in [6, 6.07) is 2.97. The Morgan fingerprint density at radius 3 is 2.52 bits per heavy atom. The summed E-state index contributed by atoms with van der Waals surface area (Å²) >= 11 is 1.42. The van der Waals surface area contributed by atoms with E-state index in [1.165, 1.54) is 17.4 Å². The van der Waals surface area contributed by atoms with Gasteiger partial charge in [0.05, 0.1) is 22.4 Å². The van der Waals surface area contributed by atoms with Gasteiger partial charge in [0.1, 0.15) is 0 Å². The van der Waals surface area contributed by atoms with E-state index >= 15 is 0 Å². The molecular formula is C14H15F3N2OS. The number of alkyl halides is 3. The third kappa shape index (κ3) is 3.54. The van der Waals surface area contributed by atoms with E-state index in [1.807, 2.05) is 13.8 Å². The van der Waals surface area contributed by atoms with Crippen molar-refractivity contribution >= 4 is 17.0 Å². The zero-order chi connectivity index (χ0) is 15.8. The number of hydrogen-bond donors (Lipinski definition) is 2. The second-order valence-electron chi connectivity index (χ2n) is 4.81. The van der Waals surface area contributed by atoms with Crippen LogP contribution >= 0.6 is 11.3 Å². The number of halogens is 3. The summed E-state index contributed by atoms with van der Waals surface area (Å²) in [5.74, 6) is 0. The number of aliphatic hydroxyl groups is 1. The third-order valence-corrected chi connectivity index (χ3v) is 4.31. The third-order valence-electron chi connectivity index (χ3n) is 3.21. The lowest BCUT2D eigenvalue weighted by atomic mass is 10.0. The van der Waals surface area contributed by atoms with Crippen molar-refractivity contribution in [3.8, 4) is 0 Å². The van der Waals surface area contributed by atoms with Gasteiger partial charge in [-0.25, -0.2) is 4.98 Å². The van der Waals surface area contributed by atoms with Gasteiger partial charge < -0.3 is 10.8 Å². The molecule has 2 aromatic rings. The van der Waals surface area contributed by atoms with E-state index in [0.29, 0.717) is 5.01 Å². The molecule has 0 saturated heterocycles. The molecule has 3 nitrogen and oxygen atoms in total. The van der Waals surface area contributed by atoms with Crippen LogP contribution in [-0.2, 0) is 12.6 Å². The number of aryl methyl sites for hydroxylation is 2.